The molecule has 5 nitrogen and oxygen atoms in total. The van der Waals surface area contributed by atoms with Gasteiger partial charge in [-0.15, -0.1) is 49.6 Å². The molecule has 0 spiro atoms. The first-order valence-corrected chi connectivity index (χ1v) is 10.1. The lowest BCUT2D eigenvalue weighted by molar-refractivity contribution is 0.419. The third-order valence-electron chi connectivity index (χ3n) is 4.88. The third kappa shape index (κ3) is 10.5. The van der Waals surface area contributed by atoms with Crippen LogP contribution in [-0.2, 0) is 13.0 Å². The maximum atomic E-state index is 6.05. The maximum Gasteiger partial charge on any atom is 0.123 e. The van der Waals surface area contributed by atoms with Gasteiger partial charge in [0.25, 0.3) is 0 Å². The Bertz CT molecular complexity index is 759. The topological polar surface area (TPSA) is 75.0 Å². The molecule has 1 aromatic heterocycles. The molecule has 0 radical (unpaired) electrons. The lowest BCUT2D eigenvalue weighted by atomic mass is 9.97. The summed E-state index contributed by atoms with van der Waals surface area (Å²) < 4.78 is 0. The van der Waals surface area contributed by atoms with Gasteiger partial charge in [0.1, 0.15) is 5.82 Å². The number of hydrogen-bond donors (Lipinski definition) is 4. The zero-order valence-corrected chi connectivity index (χ0v) is 22.0. The number of nitrogens with zero attached hydrogens (tertiary/aromatic N) is 1. The quantitative estimate of drug-likeness (QED) is 0.363. The van der Waals surface area contributed by atoms with Crippen molar-refractivity contribution >= 4 is 78.6 Å². The number of hydrogen-bond acceptors (Lipinski definition) is 5. The molecule has 5 N–H and O–H groups in total. The lowest BCUT2D eigenvalue weighted by Gasteiger charge is -2.20. The number of anilines is 1. The largest absolute Gasteiger partial charge is 0.384 e. The van der Waals surface area contributed by atoms with Crippen LogP contribution in [-0.4, -0.2) is 37.2 Å². The summed E-state index contributed by atoms with van der Waals surface area (Å²) in [6.45, 7) is 6.62. The van der Waals surface area contributed by atoms with Gasteiger partial charge in [0.15, 0.2) is 0 Å². The van der Waals surface area contributed by atoms with E-state index in [9.17, 15) is 0 Å². The van der Waals surface area contributed by atoms with Crippen molar-refractivity contribution in [2.24, 2.45) is 5.92 Å². The predicted octanol–water partition coefficient (Wildman–Crippen LogP) is 4.48. The van der Waals surface area contributed by atoms with Gasteiger partial charge < -0.3 is 21.7 Å². The minimum atomic E-state index is 0. The first-order valence-electron chi connectivity index (χ1n) is 9.33. The fourth-order valence-corrected chi connectivity index (χ4v) is 3.88. The molecule has 31 heavy (non-hydrogen) atoms. The van der Waals surface area contributed by atoms with Gasteiger partial charge in [-0.05, 0) is 61.2 Å². The molecule has 3 rings (SSSR count). The van der Waals surface area contributed by atoms with Crippen LogP contribution in [0.1, 0.15) is 16.8 Å². The number of nitrogen functional groups attached to an aromatic ring is 1. The monoisotopic (exact) mass is 551 g/mol. The summed E-state index contributed by atoms with van der Waals surface area (Å²) >= 11 is 12.0. The number of aromatic nitrogens is 1. The Labute approximate surface area is 219 Å². The Hall–Kier alpha value is -0.210. The SMILES string of the molecule is Cc1cc(N)nc(C[C@H]2CNC[C@@H]2NCCNCc2ccc(Cl)c(Cl)c2)c1.Cl.Cl.Cl.Cl. The molecule has 178 valence electrons. The molecule has 2 aromatic rings. The van der Waals surface area contributed by atoms with Crippen molar-refractivity contribution < 1.29 is 0 Å². The maximum absolute atomic E-state index is 6.05. The molecule has 1 fully saturated rings. The van der Waals surface area contributed by atoms with Crippen LogP contribution >= 0.6 is 72.8 Å². The molecule has 2 atom stereocenters. The second-order valence-electron chi connectivity index (χ2n) is 7.17. The zero-order chi connectivity index (χ0) is 19.2. The molecule has 1 aliphatic rings. The summed E-state index contributed by atoms with van der Waals surface area (Å²) in [7, 11) is 0. The molecule has 2 heterocycles. The number of nitrogens with one attached hydrogen (secondary N) is 3. The van der Waals surface area contributed by atoms with Gasteiger partial charge in [0, 0.05) is 37.9 Å². The molecule has 0 aliphatic carbocycles. The van der Waals surface area contributed by atoms with Gasteiger partial charge >= 0.3 is 0 Å². The van der Waals surface area contributed by atoms with Gasteiger partial charge in [-0.3, -0.25) is 0 Å². The van der Waals surface area contributed by atoms with Crippen LogP contribution in [0.4, 0.5) is 5.82 Å². The number of rotatable bonds is 8. The molecule has 1 saturated heterocycles. The van der Waals surface area contributed by atoms with E-state index in [4.69, 9.17) is 28.9 Å². The molecular formula is C20H31Cl6N5. The van der Waals surface area contributed by atoms with Crippen LogP contribution in [0, 0.1) is 12.8 Å². The lowest BCUT2D eigenvalue weighted by Crippen LogP contribution is -2.40. The summed E-state index contributed by atoms with van der Waals surface area (Å²) in [5.41, 5.74) is 9.25. The van der Waals surface area contributed by atoms with Crippen molar-refractivity contribution in [2.75, 3.05) is 31.9 Å². The average molecular weight is 554 g/mol. The zero-order valence-electron chi connectivity index (χ0n) is 17.2. The summed E-state index contributed by atoms with van der Waals surface area (Å²) in [6.07, 6.45) is 0.938. The minimum absolute atomic E-state index is 0. The molecule has 0 bridgehead atoms. The molecule has 11 heteroatoms. The summed E-state index contributed by atoms with van der Waals surface area (Å²) in [5.74, 6) is 1.13. The average Bonchev–Trinajstić information content (AvgIpc) is 3.04. The van der Waals surface area contributed by atoms with Crippen molar-refractivity contribution in [3.8, 4) is 0 Å². The van der Waals surface area contributed by atoms with Crippen molar-refractivity contribution in [2.45, 2.75) is 25.9 Å². The summed E-state index contributed by atoms with van der Waals surface area (Å²) in [4.78, 5) is 4.48. The van der Waals surface area contributed by atoms with Crippen LogP contribution in [0.2, 0.25) is 10.0 Å². The molecule has 0 amide bonds. The van der Waals surface area contributed by atoms with Crippen LogP contribution < -0.4 is 21.7 Å². The van der Waals surface area contributed by atoms with E-state index in [0.717, 1.165) is 50.4 Å². The van der Waals surface area contributed by atoms with Crippen molar-refractivity contribution in [3.05, 3.63) is 57.2 Å². The number of pyridine rings is 1. The number of aryl methyl sites for hydroxylation is 1. The highest BCUT2D eigenvalue weighted by atomic mass is 35.5. The molecule has 0 unspecified atom stereocenters. The highest BCUT2D eigenvalue weighted by Gasteiger charge is 2.27. The third-order valence-corrected chi connectivity index (χ3v) is 5.61. The fraction of sp³-hybridized carbons (Fsp3) is 0.450. The summed E-state index contributed by atoms with van der Waals surface area (Å²) in [6, 6.07) is 10.2. The number of halogens is 6. The second-order valence-corrected chi connectivity index (χ2v) is 7.98. The van der Waals surface area contributed by atoms with Gasteiger partial charge in [0.05, 0.1) is 10.0 Å². The summed E-state index contributed by atoms with van der Waals surface area (Å²) in [5, 5.41) is 11.8. The van der Waals surface area contributed by atoms with E-state index >= 15 is 0 Å². The van der Waals surface area contributed by atoms with Crippen LogP contribution in [0.5, 0.6) is 0 Å². The minimum Gasteiger partial charge on any atom is -0.384 e. The van der Waals surface area contributed by atoms with Gasteiger partial charge in [0.2, 0.25) is 0 Å². The Morgan fingerprint density at radius 1 is 1.03 bits per heavy atom. The standard InChI is InChI=1S/C20H27Cl2N5.4ClH/c1-13-6-16(27-20(23)7-13)9-15-11-25-12-19(15)26-5-4-24-10-14-2-3-17(21)18(22)8-14;;;;/h2-3,6-8,15,19,24-26H,4-5,9-12H2,1H3,(H2,23,27);4*1H/t15-,19-;;;;/m0..../s1. The Balaban J connectivity index is 0. The first-order chi connectivity index (χ1) is 13.0. The Kier molecular flexibility index (Phi) is 17.5. The highest BCUT2D eigenvalue weighted by Crippen LogP contribution is 2.22. The second kappa shape index (κ2) is 16.4. The van der Waals surface area contributed by atoms with E-state index in [-0.39, 0.29) is 49.6 Å². The molecule has 1 aliphatic heterocycles. The number of benzene rings is 1. The van der Waals surface area contributed by atoms with Gasteiger partial charge in [-0.2, -0.15) is 0 Å². The fourth-order valence-electron chi connectivity index (χ4n) is 3.56. The Morgan fingerprint density at radius 3 is 2.45 bits per heavy atom. The van der Waals surface area contributed by atoms with E-state index in [1.165, 1.54) is 5.56 Å². The molecule has 1 aromatic carbocycles. The van der Waals surface area contributed by atoms with Gasteiger partial charge in [-0.25, -0.2) is 4.98 Å². The van der Waals surface area contributed by atoms with E-state index in [1.807, 2.05) is 24.3 Å². The van der Waals surface area contributed by atoms with Crippen LogP contribution in [0.25, 0.3) is 0 Å². The van der Waals surface area contributed by atoms with E-state index < -0.39 is 0 Å². The van der Waals surface area contributed by atoms with E-state index in [2.05, 4.69) is 33.9 Å². The Morgan fingerprint density at radius 2 is 1.77 bits per heavy atom. The number of nitrogens with two attached hydrogens (primary N) is 1. The van der Waals surface area contributed by atoms with Crippen LogP contribution in [0.3, 0.4) is 0 Å². The molecular weight excluding hydrogens is 523 g/mol. The smallest absolute Gasteiger partial charge is 0.123 e. The first kappa shape index (κ1) is 33.0. The van der Waals surface area contributed by atoms with E-state index in [1.54, 1.807) is 0 Å². The van der Waals surface area contributed by atoms with Gasteiger partial charge in [-0.1, -0.05) is 29.3 Å². The van der Waals surface area contributed by atoms with Crippen LogP contribution in [0.15, 0.2) is 30.3 Å². The van der Waals surface area contributed by atoms with Crippen molar-refractivity contribution in [3.63, 3.8) is 0 Å². The van der Waals surface area contributed by atoms with E-state index in [0.29, 0.717) is 27.8 Å². The molecule has 0 saturated carbocycles. The van der Waals surface area contributed by atoms with Crippen molar-refractivity contribution in [1.29, 1.82) is 0 Å². The predicted molar refractivity (Wildman–Crippen MR) is 142 cm³/mol. The van der Waals surface area contributed by atoms with Crippen molar-refractivity contribution in [1.82, 2.24) is 20.9 Å². The normalized spacial score (nSPS) is 17.0. The highest BCUT2D eigenvalue weighted by molar-refractivity contribution is 6.42.